The highest BCUT2D eigenvalue weighted by molar-refractivity contribution is 6.21. The van der Waals surface area contributed by atoms with Crippen molar-refractivity contribution in [2.45, 2.75) is 0 Å². The first-order chi connectivity index (χ1) is 30.4. The minimum Gasteiger partial charge on any atom is -0.377 e. The van der Waals surface area contributed by atoms with Crippen LogP contribution >= 0.6 is 0 Å². The van der Waals surface area contributed by atoms with Crippen molar-refractivity contribution >= 4 is 28.9 Å². The number of amides is 2. The normalized spacial score (nSPS) is 12.4. The molecule has 0 saturated heterocycles. The molecule has 1 aliphatic rings. The number of hydrogen-bond donors (Lipinski definition) is 1. The standard InChI is InChI=1S/C40H60N4O18/c45-39-35-3-1-2-4-36(35)40(46)42(39)8-10-52-12-14-54-16-18-56-20-22-58-24-26-60-28-30-62-32-31-61-29-27-59-25-23-57-21-19-55-17-15-53-13-11-51-9-7-41-37-6-5-34(43(47)48)33-38(37)44(49)50/h1-6,33,41H,7-32H2. The lowest BCUT2D eigenvalue weighted by Crippen LogP contribution is -2.33. The summed E-state index contributed by atoms with van der Waals surface area (Å²) in [6, 6.07) is 10.2. The van der Waals surface area contributed by atoms with Gasteiger partial charge in [-0.1, -0.05) is 12.1 Å². The number of anilines is 1. The molecule has 0 bridgehead atoms. The lowest BCUT2D eigenvalue weighted by atomic mass is 10.1. The molecule has 0 aromatic heterocycles. The van der Waals surface area contributed by atoms with Crippen LogP contribution in [0.4, 0.5) is 17.1 Å². The molecule has 62 heavy (non-hydrogen) atoms. The third-order valence-electron chi connectivity index (χ3n) is 8.38. The van der Waals surface area contributed by atoms with Crippen LogP contribution in [0.3, 0.4) is 0 Å². The first-order valence-corrected chi connectivity index (χ1v) is 20.4. The number of nitro groups is 2. The van der Waals surface area contributed by atoms with Gasteiger partial charge < -0.3 is 62.2 Å². The van der Waals surface area contributed by atoms with E-state index in [0.717, 1.165) is 6.07 Å². The number of nitrogens with zero attached hydrogens (tertiary/aromatic N) is 3. The second-order valence-corrected chi connectivity index (χ2v) is 12.8. The summed E-state index contributed by atoms with van der Waals surface area (Å²) in [6.07, 6.45) is 0. The Balaban J connectivity index is 0.917. The Morgan fingerprint density at radius 2 is 0.758 bits per heavy atom. The van der Waals surface area contributed by atoms with Gasteiger partial charge in [0.15, 0.2) is 0 Å². The molecule has 2 aromatic carbocycles. The van der Waals surface area contributed by atoms with E-state index in [9.17, 15) is 29.8 Å². The monoisotopic (exact) mass is 884 g/mol. The summed E-state index contributed by atoms with van der Waals surface area (Å²) in [5.74, 6) is -0.578. The summed E-state index contributed by atoms with van der Waals surface area (Å²) in [4.78, 5) is 46.5. The molecule has 3 rings (SSSR count). The smallest absolute Gasteiger partial charge is 0.299 e. The van der Waals surface area contributed by atoms with Gasteiger partial charge in [0, 0.05) is 12.6 Å². The molecule has 22 nitrogen and oxygen atoms in total. The van der Waals surface area contributed by atoms with Crippen molar-refractivity contribution in [2.75, 3.05) is 177 Å². The van der Waals surface area contributed by atoms with Gasteiger partial charge in [0.25, 0.3) is 23.2 Å². The lowest BCUT2D eigenvalue weighted by Gasteiger charge is -2.13. The molecule has 348 valence electrons. The number of hydrogen-bond acceptors (Lipinski definition) is 19. The Morgan fingerprint density at radius 3 is 1.08 bits per heavy atom. The molecule has 2 amide bonds. The van der Waals surface area contributed by atoms with Gasteiger partial charge in [0.2, 0.25) is 0 Å². The first-order valence-electron chi connectivity index (χ1n) is 20.4. The second kappa shape index (κ2) is 34.2. The summed E-state index contributed by atoms with van der Waals surface area (Å²) >= 11 is 0. The van der Waals surface area contributed by atoms with Crippen LogP contribution in [0.25, 0.3) is 0 Å². The molecule has 0 spiro atoms. The summed E-state index contributed by atoms with van der Waals surface area (Å²) in [5, 5.41) is 24.8. The van der Waals surface area contributed by atoms with Crippen LogP contribution in [-0.4, -0.2) is 198 Å². The van der Waals surface area contributed by atoms with Crippen LogP contribution < -0.4 is 5.32 Å². The predicted octanol–water partition coefficient (Wildman–Crippen LogP) is 2.41. The average molecular weight is 885 g/mol. The van der Waals surface area contributed by atoms with E-state index in [-0.39, 0.29) is 55.2 Å². The SMILES string of the molecule is O=C1c2ccccc2C(=O)N1CCOCCOCCOCCOCCOCCOCCOCCOCCOCCOCCOCCOCCNc1ccc([N+](=O)[O-])cc1[N+](=O)[O-]. The molecule has 1 heterocycles. The van der Waals surface area contributed by atoms with E-state index >= 15 is 0 Å². The van der Waals surface area contributed by atoms with E-state index in [1.807, 2.05) is 0 Å². The molecule has 0 fully saturated rings. The van der Waals surface area contributed by atoms with E-state index in [1.54, 1.807) is 24.3 Å². The maximum atomic E-state index is 12.3. The Bertz CT molecular complexity index is 1520. The zero-order chi connectivity index (χ0) is 44.3. The summed E-state index contributed by atoms with van der Waals surface area (Å²) in [7, 11) is 0. The second-order valence-electron chi connectivity index (χ2n) is 12.8. The van der Waals surface area contributed by atoms with Gasteiger partial charge >= 0.3 is 0 Å². The molecule has 0 saturated carbocycles. The fraction of sp³-hybridized carbons (Fsp3) is 0.650. The van der Waals surface area contributed by atoms with Gasteiger partial charge in [-0.2, -0.15) is 0 Å². The van der Waals surface area contributed by atoms with E-state index in [0.29, 0.717) is 156 Å². The highest BCUT2D eigenvalue weighted by atomic mass is 16.6. The molecular formula is C40H60N4O18. The third kappa shape index (κ3) is 22.7. The van der Waals surface area contributed by atoms with Gasteiger partial charge in [-0.05, 0) is 18.2 Å². The van der Waals surface area contributed by atoms with E-state index in [1.165, 1.54) is 17.0 Å². The summed E-state index contributed by atoms with van der Waals surface area (Å²) < 4.78 is 65.6. The third-order valence-corrected chi connectivity index (χ3v) is 8.38. The fourth-order valence-corrected chi connectivity index (χ4v) is 5.31. The highest BCUT2D eigenvalue weighted by Gasteiger charge is 2.34. The van der Waals surface area contributed by atoms with Crippen LogP contribution in [-0.2, 0) is 56.8 Å². The van der Waals surface area contributed by atoms with Gasteiger partial charge in [-0.3, -0.25) is 34.7 Å². The van der Waals surface area contributed by atoms with Crippen molar-refractivity contribution in [1.29, 1.82) is 0 Å². The van der Waals surface area contributed by atoms with Crippen LogP contribution in [0.2, 0.25) is 0 Å². The molecule has 0 unspecified atom stereocenters. The molecule has 22 heteroatoms. The van der Waals surface area contributed by atoms with Crippen molar-refractivity contribution in [3.63, 3.8) is 0 Å². The van der Waals surface area contributed by atoms with Crippen LogP contribution in [0, 0.1) is 20.2 Å². The molecule has 1 N–H and O–H groups in total. The first kappa shape index (κ1) is 52.0. The molecule has 1 aliphatic heterocycles. The number of nitrogens with one attached hydrogen (secondary N) is 1. The minimum absolute atomic E-state index is 0.179. The van der Waals surface area contributed by atoms with Crippen molar-refractivity contribution < 1.29 is 76.3 Å². The lowest BCUT2D eigenvalue weighted by molar-refractivity contribution is -0.393. The van der Waals surface area contributed by atoms with Crippen LogP contribution in [0.15, 0.2) is 42.5 Å². The predicted molar refractivity (Wildman–Crippen MR) is 220 cm³/mol. The molecule has 0 radical (unpaired) electrons. The van der Waals surface area contributed by atoms with Crippen LogP contribution in [0.1, 0.15) is 20.7 Å². The van der Waals surface area contributed by atoms with Gasteiger partial charge in [-0.25, -0.2) is 0 Å². The Kier molecular flexibility index (Phi) is 28.7. The highest BCUT2D eigenvalue weighted by Crippen LogP contribution is 2.28. The Morgan fingerprint density at radius 1 is 0.435 bits per heavy atom. The quantitative estimate of drug-likeness (QED) is 0.0435. The van der Waals surface area contributed by atoms with Crippen LogP contribution in [0.5, 0.6) is 0 Å². The maximum Gasteiger partial charge on any atom is 0.299 e. The fourth-order valence-electron chi connectivity index (χ4n) is 5.31. The number of non-ortho nitro benzene ring substituents is 1. The number of fused-ring (bicyclic) bond motifs is 1. The van der Waals surface area contributed by atoms with Crippen molar-refractivity contribution in [3.8, 4) is 0 Å². The number of carbonyl (C=O) groups is 2. The number of carbonyl (C=O) groups excluding carboxylic acids is 2. The number of imide groups is 1. The molecule has 0 aliphatic carbocycles. The largest absolute Gasteiger partial charge is 0.377 e. The number of rotatable bonds is 42. The Hall–Kier alpha value is -4.30. The van der Waals surface area contributed by atoms with E-state index in [4.69, 9.17) is 56.8 Å². The maximum absolute atomic E-state index is 12.3. The number of nitro benzene ring substituents is 2. The topological polar surface area (TPSA) is 246 Å². The van der Waals surface area contributed by atoms with Gasteiger partial charge in [-0.15, -0.1) is 0 Å². The van der Waals surface area contributed by atoms with Crippen molar-refractivity contribution in [3.05, 3.63) is 73.8 Å². The van der Waals surface area contributed by atoms with Crippen molar-refractivity contribution in [1.82, 2.24) is 4.90 Å². The van der Waals surface area contributed by atoms with E-state index < -0.39 is 9.85 Å². The van der Waals surface area contributed by atoms with Crippen molar-refractivity contribution in [2.24, 2.45) is 0 Å². The Labute approximate surface area is 360 Å². The number of benzene rings is 2. The minimum atomic E-state index is -0.685. The van der Waals surface area contributed by atoms with E-state index in [2.05, 4.69) is 5.32 Å². The molecule has 2 aromatic rings. The zero-order valence-electron chi connectivity index (χ0n) is 35.1. The number of ether oxygens (including phenoxy) is 12. The average Bonchev–Trinajstić information content (AvgIpc) is 3.51. The molecule has 0 atom stereocenters. The van der Waals surface area contributed by atoms with Gasteiger partial charge in [0.05, 0.1) is 192 Å². The summed E-state index contributed by atoms with van der Waals surface area (Å²) in [5.41, 5.74) is 0.316. The van der Waals surface area contributed by atoms with Gasteiger partial charge in [0.1, 0.15) is 5.69 Å². The molecular weight excluding hydrogens is 824 g/mol. The zero-order valence-corrected chi connectivity index (χ0v) is 35.1. The summed E-state index contributed by atoms with van der Waals surface area (Å²) in [6.45, 7) is 10.3.